The number of carbonyl (C=O) groups excluding carboxylic acids is 1. The standard InChI is InChI=1S/C19H21F3N4O3/c1-11(12-3-5-13(6-4-12)19(20,21)22)23-17(28)15-9-16(27)25-18(24-15)29-14-7-8-26(2)10-14/h3-6,9,11,14H,7-8,10H2,1-2H3,(H,23,28)(H,24,25,27). The Kier molecular flexibility index (Phi) is 5.92. The van der Waals surface area contributed by atoms with Gasteiger partial charge in [0.1, 0.15) is 11.8 Å². The van der Waals surface area contributed by atoms with Crippen molar-refractivity contribution in [3.8, 4) is 6.01 Å². The lowest BCUT2D eigenvalue weighted by Crippen LogP contribution is -2.30. The van der Waals surface area contributed by atoms with Gasteiger partial charge in [-0.05, 0) is 38.1 Å². The van der Waals surface area contributed by atoms with Gasteiger partial charge in [0.2, 0.25) is 0 Å². The maximum atomic E-state index is 12.7. The van der Waals surface area contributed by atoms with Crippen LogP contribution in [0.3, 0.4) is 0 Å². The number of aromatic nitrogens is 2. The molecule has 1 aliphatic rings. The fourth-order valence-electron chi connectivity index (χ4n) is 3.07. The van der Waals surface area contributed by atoms with Crippen LogP contribution in [0.25, 0.3) is 0 Å². The Balaban J connectivity index is 1.69. The lowest BCUT2D eigenvalue weighted by atomic mass is 10.1. The van der Waals surface area contributed by atoms with E-state index >= 15 is 0 Å². The van der Waals surface area contributed by atoms with Crippen LogP contribution >= 0.6 is 0 Å². The van der Waals surface area contributed by atoms with Crippen molar-refractivity contribution in [1.29, 1.82) is 0 Å². The van der Waals surface area contributed by atoms with Crippen molar-refractivity contribution in [3.05, 3.63) is 57.5 Å². The Hall–Kier alpha value is -2.88. The van der Waals surface area contributed by atoms with E-state index in [4.69, 9.17) is 4.74 Å². The van der Waals surface area contributed by atoms with Crippen molar-refractivity contribution < 1.29 is 22.7 Å². The van der Waals surface area contributed by atoms with Gasteiger partial charge < -0.3 is 15.0 Å². The lowest BCUT2D eigenvalue weighted by molar-refractivity contribution is -0.137. The third kappa shape index (κ3) is 5.35. The molecule has 0 bridgehead atoms. The first kappa shape index (κ1) is 20.8. The number of hydrogen-bond donors (Lipinski definition) is 2. The monoisotopic (exact) mass is 410 g/mol. The number of rotatable bonds is 5. The molecule has 0 saturated carbocycles. The van der Waals surface area contributed by atoms with Crippen LogP contribution in [0.1, 0.15) is 41.0 Å². The molecule has 2 unspecified atom stereocenters. The first-order chi connectivity index (χ1) is 13.6. The van der Waals surface area contributed by atoms with Crippen LogP contribution < -0.4 is 15.6 Å². The Morgan fingerprint density at radius 2 is 2.03 bits per heavy atom. The molecule has 1 saturated heterocycles. The molecule has 1 aliphatic heterocycles. The number of halogens is 3. The minimum Gasteiger partial charge on any atom is -0.460 e. The van der Waals surface area contributed by atoms with Gasteiger partial charge in [0, 0.05) is 19.2 Å². The number of H-pyrrole nitrogens is 1. The zero-order chi connectivity index (χ0) is 21.2. The van der Waals surface area contributed by atoms with Gasteiger partial charge in [-0.15, -0.1) is 0 Å². The molecule has 3 rings (SSSR count). The average Bonchev–Trinajstić information content (AvgIpc) is 3.05. The Labute approximate surface area is 164 Å². The number of amides is 1. The summed E-state index contributed by atoms with van der Waals surface area (Å²) >= 11 is 0. The number of carbonyl (C=O) groups is 1. The summed E-state index contributed by atoms with van der Waals surface area (Å²) in [6.45, 7) is 3.17. The predicted octanol–water partition coefficient (Wildman–Crippen LogP) is 2.36. The summed E-state index contributed by atoms with van der Waals surface area (Å²) in [5.74, 6) is -0.628. The van der Waals surface area contributed by atoms with Crippen LogP contribution in [-0.2, 0) is 6.18 Å². The van der Waals surface area contributed by atoms with Crippen LogP contribution in [0, 0.1) is 0 Å². The second-order valence-electron chi connectivity index (χ2n) is 7.04. The number of ether oxygens (including phenoxy) is 1. The van der Waals surface area contributed by atoms with Gasteiger partial charge in [-0.1, -0.05) is 12.1 Å². The molecule has 1 aromatic heterocycles. The van der Waals surface area contributed by atoms with E-state index in [0.29, 0.717) is 12.1 Å². The highest BCUT2D eigenvalue weighted by molar-refractivity contribution is 5.92. The number of hydrogen-bond acceptors (Lipinski definition) is 5. The van der Waals surface area contributed by atoms with Gasteiger partial charge in [0.05, 0.1) is 11.6 Å². The van der Waals surface area contributed by atoms with Crippen molar-refractivity contribution in [2.45, 2.75) is 31.7 Å². The summed E-state index contributed by atoms with van der Waals surface area (Å²) in [5, 5.41) is 2.63. The maximum Gasteiger partial charge on any atom is 0.416 e. The fraction of sp³-hybridized carbons (Fsp3) is 0.421. The van der Waals surface area contributed by atoms with Gasteiger partial charge >= 0.3 is 6.18 Å². The molecule has 1 aromatic carbocycles. The van der Waals surface area contributed by atoms with E-state index in [2.05, 4.69) is 20.2 Å². The highest BCUT2D eigenvalue weighted by Crippen LogP contribution is 2.29. The summed E-state index contributed by atoms with van der Waals surface area (Å²) in [6, 6.07) is 4.92. The van der Waals surface area contributed by atoms with E-state index in [1.165, 1.54) is 12.1 Å². The fourth-order valence-corrected chi connectivity index (χ4v) is 3.07. The largest absolute Gasteiger partial charge is 0.460 e. The summed E-state index contributed by atoms with van der Waals surface area (Å²) < 4.78 is 43.7. The highest BCUT2D eigenvalue weighted by Gasteiger charge is 2.30. The van der Waals surface area contributed by atoms with Crippen LogP contribution in [0.15, 0.2) is 35.1 Å². The molecular formula is C19H21F3N4O3. The second-order valence-corrected chi connectivity index (χ2v) is 7.04. The molecule has 2 heterocycles. The molecule has 0 spiro atoms. The number of benzene rings is 1. The first-order valence-corrected chi connectivity index (χ1v) is 9.06. The predicted molar refractivity (Wildman–Crippen MR) is 98.7 cm³/mol. The Morgan fingerprint density at radius 3 is 2.62 bits per heavy atom. The molecule has 1 amide bonds. The second kappa shape index (κ2) is 8.24. The van der Waals surface area contributed by atoms with Gasteiger partial charge in [-0.3, -0.25) is 14.6 Å². The van der Waals surface area contributed by atoms with Gasteiger partial charge in [0.25, 0.3) is 17.5 Å². The zero-order valence-electron chi connectivity index (χ0n) is 15.9. The number of alkyl halides is 3. The third-order valence-corrected chi connectivity index (χ3v) is 4.66. The Morgan fingerprint density at radius 1 is 1.34 bits per heavy atom. The molecule has 10 heteroatoms. The van der Waals surface area contributed by atoms with Crippen LogP contribution in [0.2, 0.25) is 0 Å². The van der Waals surface area contributed by atoms with Gasteiger partial charge in [-0.2, -0.15) is 18.2 Å². The normalized spacial score (nSPS) is 18.4. The number of nitrogens with zero attached hydrogens (tertiary/aromatic N) is 2. The Bertz CT molecular complexity index is 928. The molecule has 0 radical (unpaired) electrons. The zero-order valence-corrected chi connectivity index (χ0v) is 15.9. The lowest BCUT2D eigenvalue weighted by Gasteiger charge is -2.16. The summed E-state index contributed by atoms with van der Waals surface area (Å²) in [5.41, 5.74) is -0.945. The smallest absolute Gasteiger partial charge is 0.416 e. The van der Waals surface area contributed by atoms with E-state index in [9.17, 15) is 22.8 Å². The average molecular weight is 410 g/mol. The molecular weight excluding hydrogens is 389 g/mol. The third-order valence-electron chi connectivity index (χ3n) is 4.66. The molecule has 0 aliphatic carbocycles. The van der Waals surface area contributed by atoms with Crippen LogP contribution in [0.5, 0.6) is 6.01 Å². The minimum atomic E-state index is -4.43. The number of likely N-dealkylation sites (tertiary alicyclic amines) is 1. The van der Waals surface area contributed by atoms with E-state index in [1.54, 1.807) is 6.92 Å². The molecule has 29 heavy (non-hydrogen) atoms. The van der Waals surface area contributed by atoms with Crippen molar-refractivity contribution in [1.82, 2.24) is 20.2 Å². The summed E-state index contributed by atoms with van der Waals surface area (Å²) in [7, 11) is 1.95. The number of likely N-dealkylation sites (N-methyl/N-ethyl adjacent to an activating group) is 1. The quantitative estimate of drug-likeness (QED) is 0.790. The summed E-state index contributed by atoms with van der Waals surface area (Å²) in [4.78, 5) is 32.9. The topological polar surface area (TPSA) is 87.3 Å². The van der Waals surface area contributed by atoms with Crippen molar-refractivity contribution in [2.24, 2.45) is 0 Å². The van der Waals surface area contributed by atoms with E-state index in [0.717, 1.165) is 31.2 Å². The number of nitrogens with one attached hydrogen (secondary N) is 2. The van der Waals surface area contributed by atoms with Crippen molar-refractivity contribution >= 4 is 5.91 Å². The van der Waals surface area contributed by atoms with Gasteiger partial charge in [-0.25, -0.2) is 0 Å². The SMILES string of the molecule is CC(NC(=O)c1cc(=O)[nH]c(OC2CCN(C)C2)n1)c1ccc(C(F)(F)F)cc1. The van der Waals surface area contributed by atoms with Gasteiger partial charge in [0.15, 0.2) is 0 Å². The molecule has 2 N–H and O–H groups in total. The molecule has 1 fully saturated rings. The highest BCUT2D eigenvalue weighted by atomic mass is 19.4. The first-order valence-electron chi connectivity index (χ1n) is 9.06. The van der Waals surface area contributed by atoms with Crippen molar-refractivity contribution in [3.63, 3.8) is 0 Å². The molecule has 7 nitrogen and oxygen atoms in total. The maximum absolute atomic E-state index is 12.7. The van der Waals surface area contributed by atoms with E-state index in [-0.39, 0.29) is 17.8 Å². The van der Waals surface area contributed by atoms with Crippen LogP contribution in [-0.4, -0.2) is 47.0 Å². The molecule has 156 valence electrons. The minimum absolute atomic E-state index is 0.0369. The summed E-state index contributed by atoms with van der Waals surface area (Å²) in [6.07, 6.45) is -3.78. The van der Waals surface area contributed by atoms with Crippen LogP contribution in [0.4, 0.5) is 13.2 Å². The van der Waals surface area contributed by atoms with Crippen molar-refractivity contribution in [2.75, 3.05) is 20.1 Å². The van der Waals surface area contributed by atoms with E-state index in [1.807, 2.05) is 7.05 Å². The van der Waals surface area contributed by atoms with E-state index < -0.39 is 29.2 Å². The molecule has 2 atom stereocenters. The number of aromatic amines is 1. The molecule has 2 aromatic rings.